The van der Waals surface area contributed by atoms with Crippen molar-refractivity contribution in [2.45, 2.75) is 69.7 Å². The Labute approximate surface area is 209 Å². The second-order valence-electron chi connectivity index (χ2n) is 8.65. The molecular formula is C21H40N6O9. The van der Waals surface area contributed by atoms with Crippen LogP contribution in [0.1, 0.15) is 39.5 Å². The predicted octanol–water partition coefficient (Wildman–Crippen LogP) is -4.51. The molecule has 0 aliphatic heterocycles. The average Bonchev–Trinajstić information content (AvgIpc) is 2.83. The number of carbonyl (C=O) groups excluding carboxylic acids is 4. The van der Waals surface area contributed by atoms with Crippen LogP contribution >= 0.6 is 0 Å². The van der Waals surface area contributed by atoms with Gasteiger partial charge in [-0.3, -0.25) is 19.2 Å². The van der Waals surface area contributed by atoms with Crippen molar-refractivity contribution in [3.8, 4) is 0 Å². The van der Waals surface area contributed by atoms with E-state index < -0.39 is 79.6 Å². The van der Waals surface area contributed by atoms with E-state index in [1.807, 2.05) is 19.2 Å². The molecule has 0 aromatic rings. The zero-order chi connectivity index (χ0) is 27.8. The molecule has 0 saturated carbocycles. The van der Waals surface area contributed by atoms with Gasteiger partial charge < -0.3 is 53.2 Å². The van der Waals surface area contributed by atoms with Crippen LogP contribution < -0.4 is 32.7 Å². The number of hydrogen-bond donors (Lipinski definition) is 10. The fourth-order valence-electron chi connectivity index (χ4n) is 3.02. The highest BCUT2D eigenvalue weighted by Crippen LogP contribution is 2.08. The quantitative estimate of drug-likeness (QED) is 0.0769. The molecule has 0 aromatic carbocycles. The lowest BCUT2D eigenvalue weighted by Gasteiger charge is -2.26. The van der Waals surface area contributed by atoms with Crippen LogP contribution in [0.15, 0.2) is 0 Å². The first-order chi connectivity index (χ1) is 16.9. The Morgan fingerprint density at radius 1 is 0.694 bits per heavy atom. The maximum absolute atomic E-state index is 13.0. The first-order valence-corrected chi connectivity index (χ1v) is 11.6. The minimum absolute atomic E-state index is 0.0351. The van der Waals surface area contributed by atoms with Gasteiger partial charge in [-0.25, -0.2) is 4.79 Å². The van der Waals surface area contributed by atoms with Crippen molar-refractivity contribution in [2.24, 2.45) is 17.4 Å². The number of carbonyl (C=O) groups is 5. The number of hydrogen-bond acceptors (Lipinski definition) is 10. The molecule has 0 unspecified atom stereocenters. The van der Waals surface area contributed by atoms with Gasteiger partial charge in [0.15, 0.2) is 0 Å². The van der Waals surface area contributed by atoms with Crippen LogP contribution in [0.2, 0.25) is 0 Å². The minimum Gasteiger partial charge on any atom is -0.480 e. The lowest BCUT2D eigenvalue weighted by Crippen LogP contribution is -2.59. The van der Waals surface area contributed by atoms with Gasteiger partial charge in [-0.1, -0.05) is 13.8 Å². The lowest BCUT2D eigenvalue weighted by atomic mass is 10.0. The first kappa shape index (κ1) is 33.1. The van der Waals surface area contributed by atoms with Crippen LogP contribution in [0.4, 0.5) is 0 Å². The van der Waals surface area contributed by atoms with Gasteiger partial charge in [0.1, 0.15) is 30.2 Å². The number of aliphatic hydroxyl groups excluding tert-OH is 3. The molecule has 5 atom stereocenters. The van der Waals surface area contributed by atoms with E-state index in [9.17, 15) is 29.1 Å². The number of aliphatic hydroxyl groups is 3. The van der Waals surface area contributed by atoms with E-state index in [2.05, 4.69) is 16.0 Å². The third kappa shape index (κ3) is 12.2. The standard InChI is InChI=1S/C21H40N6O9/c1-11(2)7-14(25-17(31)12(23)8-28)19(33)24-13(5-3-4-6-22)18(32)26-15(9-29)20(34)27-16(10-30)21(35)36/h11-16,28-30H,3-10,22-23H2,1-2H3,(H,24,33)(H,25,31)(H,26,32)(H,27,34)(H,35,36)/t12-,13-,14-,15-,16-/m0/s1. The van der Waals surface area contributed by atoms with E-state index in [1.54, 1.807) is 0 Å². The molecule has 0 aliphatic carbocycles. The Kier molecular flexibility index (Phi) is 16.2. The number of rotatable bonds is 18. The Hall–Kier alpha value is -2.85. The van der Waals surface area contributed by atoms with Crippen LogP contribution in [0.3, 0.4) is 0 Å². The summed E-state index contributed by atoms with van der Waals surface area (Å²) in [5.41, 5.74) is 11.0. The molecule has 12 N–H and O–H groups in total. The van der Waals surface area contributed by atoms with Gasteiger partial charge in [-0.05, 0) is 38.1 Å². The largest absolute Gasteiger partial charge is 0.480 e. The number of amides is 4. The van der Waals surface area contributed by atoms with Crippen LogP contribution in [-0.2, 0) is 24.0 Å². The highest BCUT2D eigenvalue weighted by Gasteiger charge is 2.31. The number of nitrogens with two attached hydrogens (primary N) is 2. The maximum atomic E-state index is 13.0. The second-order valence-corrected chi connectivity index (χ2v) is 8.65. The van der Waals surface area contributed by atoms with Crippen molar-refractivity contribution in [3.63, 3.8) is 0 Å². The fraction of sp³-hybridized carbons (Fsp3) is 0.762. The van der Waals surface area contributed by atoms with Gasteiger partial charge in [0.05, 0.1) is 19.8 Å². The van der Waals surface area contributed by atoms with Gasteiger partial charge in [0.2, 0.25) is 23.6 Å². The highest BCUT2D eigenvalue weighted by atomic mass is 16.4. The van der Waals surface area contributed by atoms with E-state index in [4.69, 9.17) is 26.8 Å². The number of carboxylic acids is 1. The maximum Gasteiger partial charge on any atom is 0.328 e. The van der Waals surface area contributed by atoms with E-state index >= 15 is 0 Å². The van der Waals surface area contributed by atoms with Crippen molar-refractivity contribution < 1.29 is 44.4 Å². The molecule has 0 heterocycles. The van der Waals surface area contributed by atoms with Gasteiger partial charge >= 0.3 is 5.97 Å². The summed E-state index contributed by atoms with van der Waals surface area (Å²) >= 11 is 0. The molecule has 0 radical (unpaired) electrons. The van der Waals surface area contributed by atoms with Crippen molar-refractivity contribution >= 4 is 29.6 Å². The molecule has 0 fully saturated rings. The molecule has 208 valence electrons. The normalized spacial score (nSPS) is 15.2. The molecule has 36 heavy (non-hydrogen) atoms. The smallest absolute Gasteiger partial charge is 0.328 e. The molecule has 0 rings (SSSR count). The molecule has 0 saturated heterocycles. The Balaban J connectivity index is 5.57. The van der Waals surface area contributed by atoms with Crippen LogP contribution in [0.25, 0.3) is 0 Å². The minimum atomic E-state index is -1.64. The van der Waals surface area contributed by atoms with Crippen LogP contribution in [0.5, 0.6) is 0 Å². The third-order valence-corrected chi connectivity index (χ3v) is 5.07. The number of aliphatic carboxylic acids is 1. The number of unbranched alkanes of at least 4 members (excludes halogenated alkanes) is 1. The summed E-state index contributed by atoms with van der Waals surface area (Å²) in [6.07, 6.45) is 1.26. The van der Waals surface area contributed by atoms with Gasteiger partial charge in [0, 0.05) is 0 Å². The van der Waals surface area contributed by atoms with Crippen molar-refractivity contribution in [3.05, 3.63) is 0 Å². The first-order valence-electron chi connectivity index (χ1n) is 11.6. The molecule has 0 aliphatic rings. The summed E-state index contributed by atoms with van der Waals surface area (Å²) in [5, 5.41) is 45.9. The Morgan fingerprint density at radius 3 is 1.64 bits per heavy atom. The Bertz CT molecular complexity index is 737. The van der Waals surface area contributed by atoms with Crippen LogP contribution in [0, 0.1) is 5.92 Å². The van der Waals surface area contributed by atoms with Crippen LogP contribution in [-0.4, -0.2) is 107 Å². The van der Waals surface area contributed by atoms with Crippen molar-refractivity contribution in [2.75, 3.05) is 26.4 Å². The number of carboxylic acid groups (broad SMARTS) is 1. The molecule has 4 amide bonds. The summed E-state index contributed by atoms with van der Waals surface area (Å²) in [4.78, 5) is 61.3. The highest BCUT2D eigenvalue weighted by molar-refractivity contribution is 5.95. The van der Waals surface area contributed by atoms with E-state index in [0.29, 0.717) is 19.4 Å². The predicted molar refractivity (Wildman–Crippen MR) is 127 cm³/mol. The van der Waals surface area contributed by atoms with Crippen molar-refractivity contribution in [1.82, 2.24) is 21.3 Å². The molecule has 0 aromatic heterocycles. The Morgan fingerprint density at radius 2 is 1.17 bits per heavy atom. The summed E-state index contributed by atoms with van der Waals surface area (Å²) in [7, 11) is 0. The van der Waals surface area contributed by atoms with E-state index in [-0.39, 0.29) is 18.8 Å². The molecular weight excluding hydrogens is 480 g/mol. The fourth-order valence-corrected chi connectivity index (χ4v) is 3.02. The SMILES string of the molecule is CC(C)C[C@H](NC(=O)[C@@H](N)CO)C(=O)N[C@@H](CCCCN)C(=O)N[C@@H](CO)C(=O)N[C@@H](CO)C(=O)O. The topological polar surface area (TPSA) is 266 Å². The van der Waals surface area contributed by atoms with Crippen molar-refractivity contribution in [1.29, 1.82) is 0 Å². The molecule has 15 nitrogen and oxygen atoms in total. The average molecular weight is 521 g/mol. The summed E-state index contributed by atoms with van der Waals surface area (Å²) in [5.74, 6) is -4.90. The summed E-state index contributed by atoms with van der Waals surface area (Å²) in [6, 6.07) is -6.70. The molecule has 0 spiro atoms. The number of nitrogens with one attached hydrogen (secondary N) is 4. The lowest BCUT2D eigenvalue weighted by molar-refractivity contribution is -0.143. The zero-order valence-electron chi connectivity index (χ0n) is 20.6. The molecule has 15 heteroatoms. The van der Waals surface area contributed by atoms with E-state index in [0.717, 1.165) is 0 Å². The summed E-state index contributed by atoms with van der Waals surface area (Å²) < 4.78 is 0. The van der Waals surface area contributed by atoms with E-state index in [1.165, 1.54) is 0 Å². The molecule has 0 bridgehead atoms. The van der Waals surface area contributed by atoms with Gasteiger partial charge in [-0.15, -0.1) is 0 Å². The third-order valence-electron chi connectivity index (χ3n) is 5.07. The monoisotopic (exact) mass is 520 g/mol. The zero-order valence-corrected chi connectivity index (χ0v) is 20.6. The second kappa shape index (κ2) is 17.6. The summed E-state index contributed by atoms with van der Waals surface area (Å²) in [6.45, 7) is 1.52. The van der Waals surface area contributed by atoms with Gasteiger partial charge in [-0.2, -0.15) is 0 Å². The van der Waals surface area contributed by atoms with Gasteiger partial charge in [0.25, 0.3) is 0 Å².